The van der Waals surface area contributed by atoms with Crippen LogP contribution < -0.4 is 10.0 Å². The van der Waals surface area contributed by atoms with Crippen molar-refractivity contribution in [3.05, 3.63) is 30.1 Å². The first-order valence-electron chi connectivity index (χ1n) is 7.59. The van der Waals surface area contributed by atoms with Gasteiger partial charge in [-0.25, -0.2) is 13.1 Å². The predicted octanol–water partition coefficient (Wildman–Crippen LogP) is 2.02. The molecule has 1 aromatic carbocycles. The quantitative estimate of drug-likeness (QED) is 0.709. The molecule has 2 N–H and O–H groups in total. The molecule has 0 aliphatic heterocycles. The van der Waals surface area contributed by atoms with Crippen LogP contribution in [0.5, 0.6) is 0 Å². The van der Waals surface area contributed by atoms with E-state index in [0.29, 0.717) is 11.5 Å². The zero-order chi connectivity index (χ0) is 18.6. The number of nitrogens with zero attached hydrogens (tertiary/aromatic N) is 3. The molecule has 8 nitrogen and oxygen atoms in total. The number of sulfonamides is 1. The molecule has 0 radical (unpaired) electrons. The lowest BCUT2D eigenvalue weighted by atomic mass is 10.3. The fraction of sp³-hybridized carbons (Fsp3) is 0.400. The average molecular weight is 383 g/mol. The zero-order valence-electron chi connectivity index (χ0n) is 14.5. The molecule has 1 heterocycles. The minimum atomic E-state index is -3.69. The maximum atomic E-state index is 12.4. The SMILES string of the molecule is CSc1nnc(CNS(=O)(=O)c2ccc(NC(C)=O)cc2)n1C(C)C. The highest BCUT2D eigenvalue weighted by Gasteiger charge is 2.18. The minimum Gasteiger partial charge on any atom is -0.326 e. The largest absolute Gasteiger partial charge is 0.326 e. The summed E-state index contributed by atoms with van der Waals surface area (Å²) >= 11 is 1.46. The fourth-order valence-corrected chi connectivity index (χ4v) is 3.86. The van der Waals surface area contributed by atoms with Crippen LogP contribution in [0.2, 0.25) is 0 Å². The van der Waals surface area contributed by atoms with Gasteiger partial charge in [-0.15, -0.1) is 10.2 Å². The Labute approximate surface area is 151 Å². The number of anilines is 1. The molecular formula is C15H21N5O3S2. The second kappa shape index (κ2) is 7.98. The van der Waals surface area contributed by atoms with Gasteiger partial charge >= 0.3 is 0 Å². The monoisotopic (exact) mass is 383 g/mol. The van der Waals surface area contributed by atoms with Crippen LogP contribution in [0.1, 0.15) is 32.6 Å². The van der Waals surface area contributed by atoms with E-state index in [1.165, 1.54) is 30.8 Å². The third-order valence-electron chi connectivity index (χ3n) is 3.34. The van der Waals surface area contributed by atoms with Crippen molar-refractivity contribution in [3.63, 3.8) is 0 Å². The predicted molar refractivity (Wildman–Crippen MR) is 97.0 cm³/mol. The molecule has 0 aliphatic rings. The fourth-order valence-electron chi connectivity index (χ4n) is 2.25. The molecule has 25 heavy (non-hydrogen) atoms. The van der Waals surface area contributed by atoms with E-state index in [1.807, 2.05) is 24.7 Å². The first kappa shape index (κ1) is 19.4. The maximum Gasteiger partial charge on any atom is 0.240 e. The summed E-state index contributed by atoms with van der Waals surface area (Å²) in [6, 6.07) is 6.08. The molecule has 1 amide bonds. The number of hydrogen-bond acceptors (Lipinski definition) is 6. The number of carbonyl (C=O) groups is 1. The third-order valence-corrected chi connectivity index (χ3v) is 5.40. The molecule has 136 valence electrons. The topological polar surface area (TPSA) is 106 Å². The Hall–Kier alpha value is -1.91. The Morgan fingerprint density at radius 2 is 1.88 bits per heavy atom. The van der Waals surface area contributed by atoms with Gasteiger partial charge in [0.25, 0.3) is 0 Å². The summed E-state index contributed by atoms with van der Waals surface area (Å²) in [7, 11) is -3.69. The summed E-state index contributed by atoms with van der Waals surface area (Å²) in [5.41, 5.74) is 0.538. The van der Waals surface area contributed by atoms with E-state index < -0.39 is 10.0 Å². The average Bonchev–Trinajstić information content (AvgIpc) is 2.96. The number of rotatable bonds is 7. The van der Waals surface area contributed by atoms with E-state index >= 15 is 0 Å². The molecule has 0 atom stereocenters. The van der Waals surface area contributed by atoms with Crippen molar-refractivity contribution in [3.8, 4) is 0 Å². The second-order valence-corrected chi connectivity index (χ2v) is 8.14. The van der Waals surface area contributed by atoms with E-state index in [9.17, 15) is 13.2 Å². The Kier molecular flexibility index (Phi) is 6.20. The number of hydrogen-bond donors (Lipinski definition) is 2. The molecule has 0 unspecified atom stereocenters. The number of nitrogens with one attached hydrogen (secondary N) is 2. The summed E-state index contributed by atoms with van der Waals surface area (Å²) in [6.45, 7) is 5.41. The van der Waals surface area contributed by atoms with Crippen LogP contribution in [-0.2, 0) is 21.4 Å². The number of carbonyl (C=O) groups excluding carboxylic acids is 1. The standard InChI is InChI=1S/C15H21N5O3S2/c1-10(2)20-14(18-19-15(20)24-4)9-16-25(22,23)13-7-5-12(6-8-13)17-11(3)21/h5-8,10,16H,9H2,1-4H3,(H,17,21). The number of amides is 1. The molecule has 2 aromatic rings. The van der Waals surface area contributed by atoms with Crippen molar-refractivity contribution in [1.29, 1.82) is 0 Å². The van der Waals surface area contributed by atoms with Gasteiger partial charge in [-0.3, -0.25) is 4.79 Å². The normalized spacial score (nSPS) is 11.7. The van der Waals surface area contributed by atoms with Crippen molar-refractivity contribution in [1.82, 2.24) is 19.5 Å². The highest BCUT2D eigenvalue weighted by Crippen LogP contribution is 2.20. The molecule has 1 aromatic heterocycles. The molecular weight excluding hydrogens is 362 g/mol. The summed E-state index contributed by atoms with van der Waals surface area (Å²) < 4.78 is 29.3. The van der Waals surface area contributed by atoms with E-state index in [2.05, 4.69) is 20.2 Å². The van der Waals surface area contributed by atoms with Crippen LogP contribution in [0.4, 0.5) is 5.69 Å². The second-order valence-electron chi connectivity index (χ2n) is 5.60. The summed E-state index contributed by atoms with van der Waals surface area (Å²) in [6.07, 6.45) is 1.90. The van der Waals surface area contributed by atoms with E-state index in [4.69, 9.17) is 0 Å². The highest BCUT2D eigenvalue weighted by molar-refractivity contribution is 7.98. The van der Waals surface area contributed by atoms with Crippen molar-refractivity contribution in [2.24, 2.45) is 0 Å². The van der Waals surface area contributed by atoms with E-state index in [0.717, 1.165) is 5.16 Å². The summed E-state index contributed by atoms with van der Waals surface area (Å²) in [4.78, 5) is 11.1. The van der Waals surface area contributed by atoms with Crippen LogP contribution >= 0.6 is 11.8 Å². The van der Waals surface area contributed by atoms with Crippen molar-refractivity contribution >= 4 is 33.4 Å². The molecule has 0 spiro atoms. The molecule has 0 fully saturated rings. The number of benzene rings is 1. The van der Waals surface area contributed by atoms with Gasteiger partial charge in [0.1, 0.15) is 5.82 Å². The number of thioether (sulfide) groups is 1. The Morgan fingerprint density at radius 3 is 2.40 bits per heavy atom. The van der Waals surface area contributed by atoms with Gasteiger partial charge in [-0.1, -0.05) is 11.8 Å². The van der Waals surface area contributed by atoms with E-state index in [1.54, 1.807) is 12.1 Å². The van der Waals surface area contributed by atoms with Crippen molar-refractivity contribution < 1.29 is 13.2 Å². The van der Waals surface area contributed by atoms with Gasteiger partial charge in [0.05, 0.1) is 11.4 Å². The maximum absolute atomic E-state index is 12.4. The van der Waals surface area contributed by atoms with Crippen LogP contribution in [0.25, 0.3) is 0 Å². The third kappa shape index (κ3) is 4.80. The van der Waals surface area contributed by atoms with Crippen molar-refractivity contribution in [2.75, 3.05) is 11.6 Å². The van der Waals surface area contributed by atoms with Crippen molar-refractivity contribution in [2.45, 2.75) is 43.4 Å². The molecule has 0 aliphatic carbocycles. The molecule has 2 rings (SSSR count). The lowest BCUT2D eigenvalue weighted by Gasteiger charge is -2.13. The zero-order valence-corrected chi connectivity index (χ0v) is 16.1. The first-order chi connectivity index (χ1) is 11.7. The Morgan fingerprint density at radius 1 is 1.24 bits per heavy atom. The van der Waals surface area contributed by atoms with Gasteiger partial charge in [-0.2, -0.15) is 0 Å². The molecule has 0 saturated carbocycles. The molecule has 0 bridgehead atoms. The van der Waals surface area contributed by atoms with Gasteiger partial charge in [0.15, 0.2) is 5.16 Å². The summed E-state index contributed by atoms with van der Waals surface area (Å²) in [5, 5.41) is 11.5. The number of aromatic nitrogens is 3. The van der Waals surface area contributed by atoms with Crippen LogP contribution in [0.3, 0.4) is 0 Å². The van der Waals surface area contributed by atoms with Gasteiger partial charge in [-0.05, 0) is 44.4 Å². The lowest BCUT2D eigenvalue weighted by Crippen LogP contribution is -2.25. The Balaban J connectivity index is 2.14. The van der Waals surface area contributed by atoms with Crippen LogP contribution in [0, 0.1) is 0 Å². The van der Waals surface area contributed by atoms with Crippen LogP contribution in [-0.4, -0.2) is 35.3 Å². The van der Waals surface area contributed by atoms with Gasteiger partial charge in [0.2, 0.25) is 15.9 Å². The molecule has 10 heteroatoms. The lowest BCUT2D eigenvalue weighted by molar-refractivity contribution is -0.114. The summed E-state index contributed by atoms with van der Waals surface area (Å²) in [5.74, 6) is 0.337. The van der Waals surface area contributed by atoms with Gasteiger partial charge in [0, 0.05) is 18.7 Å². The van der Waals surface area contributed by atoms with E-state index in [-0.39, 0.29) is 23.4 Å². The smallest absolute Gasteiger partial charge is 0.240 e. The first-order valence-corrected chi connectivity index (χ1v) is 10.3. The molecule has 0 saturated heterocycles. The minimum absolute atomic E-state index is 0.0432. The van der Waals surface area contributed by atoms with Crippen LogP contribution in [0.15, 0.2) is 34.3 Å². The highest BCUT2D eigenvalue weighted by atomic mass is 32.2. The van der Waals surface area contributed by atoms with Gasteiger partial charge < -0.3 is 9.88 Å². The Bertz CT molecular complexity index is 845.